The zero-order valence-corrected chi connectivity index (χ0v) is 25.0. The number of nitrogens with two attached hydrogens (primary N) is 1. The summed E-state index contributed by atoms with van der Waals surface area (Å²) in [6.07, 6.45) is -1.34. The Bertz CT molecular complexity index is 1420. The van der Waals surface area contributed by atoms with Crippen LogP contribution < -0.4 is 11.1 Å². The average Bonchev–Trinajstić information content (AvgIpc) is 3.42. The van der Waals surface area contributed by atoms with Gasteiger partial charge in [-0.3, -0.25) is 9.69 Å². The first kappa shape index (κ1) is 31.0. The first-order valence-corrected chi connectivity index (χ1v) is 14.8. The topological polar surface area (TPSA) is 83.7 Å². The minimum atomic E-state index is -4.54. The van der Waals surface area contributed by atoms with Gasteiger partial charge in [-0.2, -0.15) is 13.2 Å². The molecule has 0 radical (unpaired) electrons. The van der Waals surface area contributed by atoms with Crippen molar-refractivity contribution < 1.29 is 22.7 Å². The molecule has 0 unspecified atom stereocenters. The van der Waals surface area contributed by atoms with Gasteiger partial charge in [-0.15, -0.1) is 0 Å². The molecule has 2 atom stereocenters. The quantitative estimate of drug-likeness (QED) is 0.348. The monoisotopic (exact) mass is 595 g/mol. The van der Waals surface area contributed by atoms with Crippen molar-refractivity contribution in [1.29, 1.82) is 0 Å². The lowest BCUT2D eigenvalue weighted by Crippen LogP contribution is -2.52. The van der Waals surface area contributed by atoms with E-state index in [4.69, 9.17) is 10.5 Å². The zero-order chi connectivity index (χ0) is 30.8. The van der Waals surface area contributed by atoms with Crippen molar-refractivity contribution in [3.05, 3.63) is 83.0 Å². The molecule has 1 aliphatic carbocycles. The molecule has 0 spiro atoms. The summed E-state index contributed by atoms with van der Waals surface area (Å²) in [4.78, 5) is 21.4. The Morgan fingerprint density at radius 1 is 1.02 bits per heavy atom. The summed E-state index contributed by atoms with van der Waals surface area (Å²) in [6.45, 7) is 8.13. The molecule has 3 aromatic rings. The summed E-state index contributed by atoms with van der Waals surface area (Å²) < 4.78 is 48.7. The largest absolute Gasteiger partial charge is 0.416 e. The summed E-state index contributed by atoms with van der Waals surface area (Å²) in [7, 11) is 2.12. The van der Waals surface area contributed by atoms with Crippen molar-refractivity contribution in [2.24, 2.45) is 0 Å². The number of hydrogen-bond acceptors (Lipinski definition) is 6. The van der Waals surface area contributed by atoms with Crippen molar-refractivity contribution in [2.75, 3.05) is 39.0 Å². The van der Waals surface area contributed by atoms with E-state index >= 15 is 0 Å². The van der Waals surface area contributed by atoms with Gasteiger partial charge in [0, 0.05) is 37.9 Å². The number of alkyl halides is 3. The van der Waals surface area contributed by atoms with Crippen LogP contribution in [0.3, 0.4) is 0 Å². The lowest BCUT2D eigenvalue weighted by molar-refractivity contribution is -0.139. The highest BCUT2D eigenvalue weighted by molar-refractivity contribution is 5.98. The number of carbonyl (C=O) groups excluding carboxylic acids is 1. The standard InChI is InChI=1S/C33H40F3N5O2/c1-32(2,41-18-16-40(3)17-19-41)25-13-11-22(12-14-25)23-9-10-24(27(20-23)33(34,35)36)21-43-29-8-4-7-28(29)39-31(42)26-6-5-15-38-30(26)37/h5-6,9-15,20,28-29H,4,7-8,16-19,21H2,1-3H3,(H2,37,38)(H,39,42)/t28-,29-/m0/s1. The number of carbonyl (C=O) groups is 1. The summed E-state index contributed by atoms with van der Waals surface area (Å²) in [5.41, 5.74) is 7.62. The number of nitrogen functional groups attached to an aromatic ring is 1. The van der Waals surface area contributed by atoms with Crippen LogP contribution in [0.25, 0.3) is 11.1 Å². The molecule has 3 N–H and O–H groups in total. The lowest BCUT2D eigenvalue weighted by atomic mass is 9.89. The third kappa shape index (κ3) is 7.03. The number of aromatic nitrogens is 1. The van der Waals surface area contributed by atoms with E-state index in [1.807, 2.05) is 24.3 Å². The molecule has 2 heterocycles. The molecule has 0 bridgehead atoms. The smallest absolute Gasteiger partial charge is 0.383 e. The van der Waals surface area contributed by atoms with Crippen LogP contribution in [0.1, 0.15) is 60.2 Å². The molecule has 1 saturated heterocycles. The number of halogens is 3. The number of benzene rings is 2. The molecule has 2 aromatic carbocycles. The number of rotatable bonds is 8. The van der Waals surface area contributed by atoms with E-state index < -0.39 is 17.8 Å². The van der Waals surface area contributed by atoms with Crippen LogP contribution in [-0.2, 0) is 23.1 Å². The van der Waals surface area contributed by atoms with Gasteiger partial charge in [0.1, 0.15) is 5.82 Å². The molecule has 10 heteroatoms. The van der Waals surface area contributed by atoms with Gasteiger partial charge in [0.05, 0.1) is 29.9 Å². The van der Waals surface area contributed by atoms with E-state index in [1.165, 1.54) is 18.3 Å². The first-order chi connectivity index (χ1) is 20.4. The Morgan fingerprint density at radius 2 is 1.72 bits per heavy atom. The molecule has 2 fully saturated rings. The number of nitrogens with zero attached hydrogens (tertiary/aromatic N) is 3. The Morgan fingerprint density at radius 3 is 2.40 bits per heavy atom. The van der Waals surface area contributed by atoms with Crippen LogP contribution in [0.4, 0.5) is 19.0 Å². The van der Waals surface area contributed by atoms with Crippen LogP contribution in [0.5, 0.6) is 0 Å². The third-order valence-corrected chi connectivity index (χ3v) is 8.94. The SMILES string of the molecule is CN1CCN(C(C)(C)c2ccc(-c3ccc(CO[C@H]4CCC[C@@H]4NC(=O)c4cccnc4N)c(C(F)(F)F)c3)cc2)CC1. The molecule has 1 aliphatic heterocycles. The number of likely N-dealkylation sites (N-methyl/N-ethyl adjacent to an activating group) is 1. The van der Waals surface area contributed by atoms with Gasteiger partial charge in [-0.1, -0.05) is 36.4 Å². The van der Waals surface area contributed by atoms with Gasteiger partial charge >= 0.3 is 6.18 Å². The van der Waals surface area contributed by atoms with Crippen LogP contribution >= 0.6 is 0 Å². The van der Waals surface area contributed by atoms with Crippen molar-refractivity contribution >= 4 is 11.7 Å². The molecule has 230 valence electrons. The number of anilines is 1. The highest BCUT2D eigenvalue weighted by atomic mass is 19.4. The molecule has 2 aliphatic rings. The fourth-order valence-electron chi connectivity index (χ4n) is 6.11. The van der Waals surface area contributed by atoms with E-state index in [1.54, 1.807) is 18.2 Å². The second-order valence-electron chi connectivity index (χ2n) is 12.1. The fraction of sp³-hybridized carbons (Fsp3) is 0.455. The number of hydrogen-bond donors (Lipinski definition) is 2. The van der Waals surface area contributed by atoms with E-state index in [2.05, 4.69) is 41.0 Å². The molecular formula is C33H40F3N5O2. The molecular weight excluding hydrogens is 555 g/mol. The van der Waals surface area contributed by atoms with E-state index in [-0.39, 0.29) is 41.0 Å². The highest BCUT2D eigenvalue weighted by Gasteiger charge is 2.36. The number of nitrogens with one attached hydrogen (secondary N) is 1. The second-order valence-corrected chi connectivity index (χ2v) is 12.1. The van der Waals surface area contributed by atoms with Gasteiger partial charge < -0.3 is 20.7 Å². The summed E-state index contributed by atoms with van der Waals surface area (Å²) in [5.74, 6) is -0.247. The van der Waals surface area contributed by atoms with E-state index in [0.717, 1.165) is 43.7 Å². The predicted octanol–water partition coefficient (Wildman–Crippen LogP) is 5.70. The number of ether oxygens (including phenoxy) is 1. The molecule has 1 aromatic heterocycles. The van der Waals surface area contributed by atoms with Crippen LogP contribution in [-0.4, -0.2) is 66.1 Å². The van der Waals surface area contributed by atoms with Crippen molar-refractivity contribution in [1.82, 2.24) is 20.1 Å². The van der Waals surface area contributed by atoms with Crippen LogP contribution in [0.15, 0.2) is 60.8 Å². The second kappa shape index (κ2) is 12.6. The Balaban J connectivity index is 1.28. The molecule has 43 heavy (non-hydrogen) atoms. The average molecular weight is 596 g/mol. The van der Waals surface area contributed by atoms with Crippen LogP contribution in [0, 0.1) is 0 Å². The molecule has 5 rings (SSSR count). The first-order valence-electron chi connectivity index (χ1n) is 14.8. The van der Waals surface area contributed by atoms with Crippen LogP contribution in [0.2, 0.25) is 0 Å². The maximum atomic E-state index is 14.2. The van der Waals surface area contributed by atoms with Gasteiger partial charge in [-0.05, 0) is 80.6 Å². The minimum absolute atomic E-state index is 0.0672. The number of piperazine rings is 1. The number of amides is 1. The molecule has 7 nitrogen and oxygen atoms in total. The lowest BCUT2D eigenvalue weighted by Gasteiger charge is -2.43. The fourth-order valence-corrected chi connectivity index (χ4v) is 6.11. The Labute approximate surface area is 251 Å². The maximum Gasteiger partial charge on any atom is 0.416 e. The zero-order valence-electron chi connectivity index (χ0n) is 25.0. The Hall–Kier alpha value is -3.47. The van der Waals surface area contributed by atoms with E-state index in [0.29, 0.717) is 18.4 Å². The summed E-state index contributed by atoms with van der Waals surface area (Å²) >= 11 is 0. The van der Waals surface area contributed by atoms with Gasteiger partial charge in [0.25, 0.3) is 5.91 Å². The number of pyridine rings is 1. The normalized spacial score (nSPS) is 20.3. The van der Waals surface area contributed by atoms with Crippen molar-refractivity contribution in [2.45, 2.75) is 63.6 Å². The third-order valence-electron chi connectivity index (χ3n) is 8.94. The summed E-state index contributed by atoms with van der Waals surface area (Å²) in [6, 6.07) is 15.2. The highest BCUT2D eigenvalue weighted by Crippen LogP contribution is 2.37. The van der Waals surface area contributed by atoms with Gasteiger partial charge in [0.15, 0.2) is 0 Å². The summed E-state index contributed by atoms with van der Waals surface area (Å²) in [5, 5.41) is 2.92. The van der Waals surface area contributed by atoms with Gasteiger partial charge in [0.2, 0.25) is 0 Å². The van der Waals surface area contributed by atoms with Gasteiger partial charge in [-0.25, -0.2) is 4.98 Å². The van der Waals surface area contributed by atoms with Crippen molar-refractivity contribution in [3.63, 3.8) is 0 Å². The minimum Gasteiger partial charge on any atom is -0.383 e. The predicted molar refractivity (Wildman–Crippen MR) is 161 cm³/mol. The van der Waals surface area contributed by atoms with Crippen molar-refractivity contribution in [3.8, 4) is 11.1 Å². The molecule has 1 saturated carbocycles. The Kier molecular flexibility index (Phi) is 9.10. The molecule has 1 amide bonds. The van der Waals surface area contributed by atoms with E-state index in [9.17, 15) is 18.0 Å². The maximum absolute atomic E-state index is 14.2.